The van der Waals surface area contributed by atoms with Crippen molar-refractivity contribution in [1.82, 2.24) is 0 Å². The second-order valence-corrected chi connectivity index (χ2v) is 19.7. The zero-order chi connectivity index (χ0) is 41.7. The van der Waals surface area contributed by atoms with Crippen LogP contribution in [-0.4, -0.2) is 11.8 Å². The first-order valence-corrected chi connectivity index (χ1v) is 25.2. The van der Waals surface area contributed by atoms with Crippen LogP contribution in [-0.2, 0) is 12.8 Å². The van der Waals surface area contributed by atoms with Crippen molar-refractivity contribution in [3.8, 4) is 0 Å². The van der Waals surface area contributed by atoms with Crippen LogP contribution in [0.1, 0.15) is 213 Å². The highest BCUT2D eigenvalue weighted by Crippen LogP contribution is 2.45. The number of thiophene rings is 2. The highest BCUT2D eigenvalue weighted by atomic mass is 32.1. The summed E-state index contributed by atoms with van der Waals surface area (Å²) >= 11 is 3.14. The number of nitrogens with one attached hydrogen (secondary N) is 2. The summed E-state index contributed by atoms with van der Waals surface area (Å²) in [5.41, 5.74) is 9.35. The third kappa shape index (κ3) is 15.5. The van der Waals surface area contributed by atoms with Gasteiger partial charge in [-0.25, -0.2) is 0 Å². The van der Waals surface area contributed by atoms with Crippen LogP contribution in [0.25, 0.3) is 11.1 Å². The van der Waals surface area contributed by atoms with E-state index in [1.54, 1.807) is 22.7 Å². The minimum Gasteiger partial charge on any atom is -0.321 e. The molecule has 1 aliphatic rings. The van der Waals surface area contributed by atoms with Crippen LogP contribution in [0, 0.1) is 13.8 Å². The van der Waals surface area contributed by atoms with E-state index in [9.17, 15) is 9.59 Å². The fourth-order valence-electron chi connectivity index (χ4n) is 8.65. The van der Waals surface area contributed by atoms with E-state index < -0.39 is 0 Å². The molecule has 2 amide bonds. The number of unbranched alkanes of at least 4 members (excludes halogenated alkanes) is 18. The quantitative estimate of drug-likeness (QED) is 0.0560. The summed E-state index contributed by atoms with van der Waals surface area (Å²) in [6.45, 7) is 8.81. The largest absolute Gasteiger partial charge is 0.321 e. The Morgan fingerprint density at radius 1 is 0.475 bits per heavy atom. The summed E-state index contributed by atoms with van der Waals surface area (Å²) in [4.78, 5) is 30.7. The zero-order valence-corrected chi connectivity index (χ0v) is 38.7. The molecule has 4 aromatic rings. The normalized spacial score (nSPS) is 12.7. The lowest BCUT2D eigenvalue weighted by atomic mass is 9.97. The molecule has 59 heavy (non-hydrogen) atoms. The molecule has 2 aromatic heterocycles. The summed E-state index contributed by atoms with van der Waals surface area (Å²) in [7, 11) is 0. The number of carbonyl (C=O) groups excluding carboxylic acids is 2. The number of aryl methyl sites for hydroxylation is 4. The van der Waals surface area contributed by atoms with E-state index in [0.717, 1.165) is 53.2 Å². The Hall–Kier alpha value is -3.48. The van der Waals surface area contributed by atoms with Crippen molar-refractivity contribution in [1.29, 1.82) is 0 Å². The van der Waals surface area contributed by atoms with Gasteiger partial charge < -0.3 is 10.6 Å². The van der Waals surface area contributed by atoms with Gasteiger partial charge in [-0.1, -0.05) is 154 Å². The first-order chi connectivity index (χ1) is 28.9. The predicted octanol–water partition coefficient (Wildman–Crippen LogP) is 17.0. The molecule has 4 nitrogen and oxygen atoms in total. The van der Waals surface area contributed by atoms with Crippen molar-refractivity contribution in [2.45, 2.75) is 188 Å². The molecule has 0 aliphatic heterocycles. The lowest BCUT2D eigenvalue weighted by Gasteiger charge is -2.08. The summed E-state index contributed by atoms with van der Waals surface area (Å²) in [6.07, 6.45) is 32.2. The molecule has 2 heterocycles. The van der Waals surface area contributed by atoms with Gasteiger partial charge in [0.1, 0.15) is 0 Å². The molecule has 6 heteroatoms. The molecule has 1 aliphatic carbocycles. The van der Waals surface area contributed by atoms with E-state index in [4.69, 9.17) is 0 Å². The molecule has 0 unspecified atom stereocenters. The highest BCUT2D eigenvalue weighted by Gasteiger charge is 2.25. The van der Waals surface area contributed by atoms with Crippen LogP contribution in [0.2, 0.25) is 0 Å². The van der Waals surface area contributed by atoms with Gasteiger partial charge >= 0.3 is 0 Å². The minimum atomic E-state index is -0.0514. The number of hydrogen-bond acceptors (Lipinski definition) is 4. The SMILES string of the molecule is CCCCCCCCCCCCc1ccc(NC(=O)c2cc(C3=C(c4cc(C(=O)Nc5ccc(CCCCCCCCCCCC)cc5)sc4C)CCC3)c(C)s2)cc1. The summed E-state index contributed by atoms with van der Waals surface area (Å²) < 4.78 is 0. The first-order valence-electron chi connectivity index (χ1n) is 23.6. The Morgan fingerprint density at radius 2 is 0.797 bits per heavy atom. The number of allylic oxidation sites excluding steroid dienone is 2. The van der Waals surface area contributed by atoms with Gasteiger partial charge in [0, 0.05) is 21.1 Å². The summed E-state index contributed by atoms with van der Waals surface area (Å²) in [5.74, 6) is -0.103. The monoisotopic (exact) mass is 835 g/mol. The van der Waals surface area contributed by atoms with E-state index in [1.807, 2.05) is 24.3 Å². The number of amides is 2. The van der Waals surface area contributed by atoms with Crippen LogP contribution in [0.3, 0.4) is 0 Å². The fraction of sp³-hybridized carbons (Fsp3) is 0.547. The lowest BCUT2D eigenvalue weighted by Crippen LogP contribution is -2.10. The first kappa shape index (κ1) is 46.6. The van der Waals surface area contributed by atoms with Gasteiger partial charge in [-0.2, -0.15) is 0 Å². The number of carbonyl (C=O) groups is 2. The van der Waals surface area contributed by atoms with Crippen LogP contribution in [0.15, 0.2) is 60.7 Å². The van der Waals surface area contributed by atoms with E-state index >= 15 is 0 Å². The molecular weight excluding hydrogens is 761 g/mol. The molecule has 0 saturated heterocycles. The number of hydrogen-bond donors (Lipinski definition) is 2. The van der Waals surface area contributed by atoms with Gasteiger partial charge in [0.25, 0.3) is 11.8 Å². The lowest BCUT2D eigenvalue weighted by molar-refractivity contribution is 0.102. The molecule has 2 aromatic carbocycles. The van der Waals surface area contributed by atoms with Gasteiger partial charge in [-0.05, 0) is 129 Å². The Balaban J connectivity index is 1.08. The highest BCUT2D eigenvalue weighted by molar-refractivity contribution is 7.14. The van der Waals surface area contributed by atoms with Crippen molar-refractivity contribution in [2.24, 2.45) is 0 Å². The Kier molecular flexibility index (Phi) is 20.5. The average Bonchev–Trinajstić information content (AvgIpc) is 3.98. The maximum absolute atomic E-state index is 13.5. The van der Waals surface area contributed by atoms with Crippen LogP contribution in [0.5, 0.6) is 0 Å². The van der Waals surface area contributed by atoms with E-state index in [-0.39, 0.29) is 11.8 Å². The predicted molar refractivity (Wildman–Crippen MR) is 259 cm³/mol. The number of anilines is 2. The topological polar surface area (TPSA) is 58.2 Å². The minimum absolute atomic E-state index is 0.0514. The van der Waals surface area contributed by atoms with Crippen LogP contribution >= 0.6 is 22.7 Å². The van der Waals surface area contributed by atoms with E-state index in [2.05, 4.69) is 74.7 Å². The molecule has 0 radical (unpaired) electrons. The van der Waals surface area contributed by atoms with Gasteiger partial charge in [0.2, 0.25) is 0 Å². The molecular formula is C53H74N2O2S2. The fourth-order valence-corrected chi connectivity index (χ4v) is 10.5. The molecule has 0 saturated carbocycles. The van der Waals surface area contributed by atoms with Gasteiger partial charge in [0.15, 0.2) is 0 Å². The second-order valence-electron chi connectivity index (χ2n) is 17.1. The van der Waals surface area contributed by atoms with Crippen molar-refractivity contribution in [3.63, 3.8) is 0 Å². The molecule has 5 rings (SSSR count). The van der Waals surface area contributed by atoms with Crippen molar-refractivity contribution >= 4 is 57.0 Å². The standard InChI is InChI=1S/C53H74N2O2S2/c1-5-7-9-11-13-15-17-19-21-23-26-42-30-34-44(35-31-42)54-52(56)50-38-48(40(3)58-50)46-28-25-29-47(46)49-39-51(59-41(49)4)53(57)55-45-36-32-43(33-37-45)27-24-22-20-18-16-14-12-10-8-6-2/h30-39H,5-29H2,1-4H3,(H,54,56)(H,55,57). The van der Waals surface area contributed by atoms with Crippen LogP contribution in [0.4, 0.5) is 11.4 Å². The number of rotatable bonds is 28. The third-order valence-electron chi connectivity index (χ3n) is 12.2. The molecule has 0 bridgehead atoms. The third-order valence-corrected chi connectivity index (χ3v) is 14.3. The Labute approximate surface area is 366 Å². The molecule has 2 N–H and O–H groups in total. The maximum atomic E-state index is 13.5. The Bertz CT molecular complexity index is 1750. The molecule has 0 atom stereocenters. The second kappa shape index (κ2) is 26.0. The van der Waals surface area contributed by atoms with E-state index in [1.165, 1.54) is 172 Å². The smallest absolute Gasteiger partial charge is 0.265 e. The van der Waals surface area contributed by atoms with Crippen molar-refractivity contribution < 1.29 is 9.59 Å². The summed E-state index contributed by atoms with van der Waals surface area (Å²) in [6, 6.07) is 21.0. The zero-order valence-electron chi connectivity index (χ0n) is 37.1. The van der Waals surface area contributed by atoms with E-state index in [0.29, 0.717) is 0 Å². The molecule has 320 valence electrons. The average molecular weight is 835 g/mol. The Morgan fingerprint density at radius 3 is 1.14 bits per heavy atom. The molecule has 0 spiro atoms. The van der Waals surface area contributed by atoms with Gasteiger partial charge in [0.05, 0.1) is 9.75 Å². The number of benzene rings is 2. The van der Waals surface area contributed by atoms with Gasteiger partial charge in [-0.15, -0.1) is 22.7 Å². The summed E-state index contributed by atoms with van der Waals surface area (Å²) in [5, 5.41) is 6.30. The van der Waals surface area contributed by atoms with Crippen LogP contribution < -0.4 is 10.6 Å². The van der Waals surface area contributed by atoms with Gasteiger partial charge in [-0.3, -0.25) is 9.59 Å². The molecule has 0 fully saturated rings. The van der Waals surface area contributed by atoms with Crippen molar-refractivity contribution in [2.75, 3.05) is 10.6 Å². The van der Waals surface area contributed by atoms with Crippen molar-refractivity contribution in [3.05, 3.63) is 102 Å². The maximum Gasteiger partial charge on any atom is 0.265 e.